The van der Waals surface area contributed by atoms with Crippen LogP contribution < -0.4 is 10.2 Å². The second-order valence-corrected chi connectivity index (χ2v) is 4.73. The average Bonchev–Trinajstić information content (AvgIpc) is 2.40. The second-order valence-electron chi connectivity index (χ2n) is 4.73. The summed E-state index contributed by atoms with van der Waals surface area (Å²) in [6.07, 6.45) is 2.39. The van der Waals surface area contributed by atoms with Gasteiger partial charge in [0.05, 0.1) is 0 Å². The summed E-state index contributed by atoms with van der Waals surface area (Å²) >= 11 is 0. The smallest absolute Gasteiger partial charge is 0.0469 e. The van der Waals surface area contributed by atoms with E-state index in [1.807, 2.05) is 7.05 Å². The van der Waals surface area contributed by atoms with Crippen molar-refractivity contribution in [3.8, 4) is 0 Å². The predicted octanol–water partition coefficient (Wildman–Crippen LogP) is 2.59. The van der Waals surface area contributed by atoms with Crippen LogP contribution in [0.3, 0.4) is 0 Å². The number of rotatable bonds is 4. The third-order valence-corrected chi connectivity index (χ3v) is 3.47. The van der Waals surface area contributed by atoms with E-state index in [0.29, 0.717) is 0 Å². The monoisotopic (exact) mass is 234 g/mol. The molecule has 1 N–H and O–H groups in total. The number of hydrogen-bond donors (Lipinski definition) is 1. The third-order valence-electron chi connectivity index (χ3n) is 3.47. The lowest BCUT2D eigenvalue weighted by Crippen LogP contribution is -2.29. The van der Waals surface area contributed by atoms with Gasteiger partial charge in [-0.1, -0.05) is 0 Å². The Hall–Kier alpha value is -1.22. The normalized spacial score (nSPS) is 16.8. The van der Waals surface area contributed by atoms with Crippen LogP contribution in [0.2, 0.25) is 0 Å². The van der Waals surface area contributed by atoms with Gasteiger partial charge in [-0.2, -0.15) is 0 Å². The quantitative estimate of drug-likeness (QED) is 0.866. The largest absolute Gasteiger partial charge is 0.388 e. The Morgan fingerprint density at radius 3 is 2.47 bits per heavy atom. The van der Waals surface area contributed by atoms with Gasteiger partial charge in [-0.05, 0) is 43.0 Å². The lowest BCUT2D eigenvalue weighted by Gasteiger charge is -2.28. The molecule has 1 saturated heterocycles. The molecular formula is C14H22N2O. The fourth-order valence-corrected chi connectivity index (χ4v) is 2.30. The zero-order valence-electron chi connectivity index (χ0n) is 10.8. The topological polar surface area (TPSA) is 24.5 Å². The molecule has 3 heteroatoms. The Labute approximate surface area is 104 Å². The first-order valence-electron chi connectivity index (χ1n) is 6.36. The zero-order valence-corrected chi connectivity index (χ0v) is 10.8. The average molecular weight is 234 g/mol. The number of benzene rings is 1. The van der Waals surface area contributed by atoms with Crippen molar-refractivity contribution in [3.05, 3.63) is 24.3 Å². The van der Waals surface area contributed by atoms with Gasteiger partial charge in [-0.25, -0.2) is 0 Å². The van der Waals surface area contributed by atoms with Crippen molar-refractivity contribution in [2.75, 3.05) is 44.1 Å². The highest BCUT2D eigenvalue weighted by Gasteiger charge is 2.15. The van der Waals surface area contributed by atoms with E-state index in [1.54, 1.807) is 0 Å². The van der Waals surface area contributed by atoms with Crippen molar-refractivity contribution in [1.29, 1.82) is 0 Å². The first kappa shape index (κ1) is 12.2. The molecule has 0 aromatic heterocycles. The van der Waals surface area contributed by atoms with Gasteiger partial charge in [0.1, 0.15) is 0 Å². The summed E-state index contributed by atoms with van der Waals surface area (Å²) in [6, 6.07) is 8.59. The van der Waals surface area contributed by atoms with Crippen molar-refractivity contribution in [3.63, 3.8) is 0 Å². The number of anilines is 2. The SMILES string of the molecule is CNc1ccc(N(C)CC2CCOCC2)cc1. The van der Waals surface area contributed by atoms with Crippen LogP contribution in [0, 0.1) is 5.92 Å². The number of ether oxygens (including phenoxy) is 1. The molecule has 0 amide bonds. The Balaban J connectivity index is 1.91. The number of nitrogens with one attached hydrogen (secondary N) is 1. The molecule has 2 rings (SSSR count). The van der Waals surface area contributed by atoms with Gasteiger partial charge < -0.3 is 15.0 Å². The highest BCUT2D eigenvalue weighted by molar-refractivity contribution is 5.54. The maximum atomic E-state index is 5.39. The molecule has 1 aliphatic heterocycles. The molecule has 1 aromatic rings. The van der Waals surface area contributed by atoms with Crippen molar-refractivity contribution in [1.82, 2.24) is 0 Å². The highest BCUT2D eigenvalue weighted by atomic mass is 16.5. The van der Waals surface area contributed by atoms with Crippen LogP contribution in [0.25, 0.3) is 0 Å². The molecule has 1 aromatic carbocycles. The molecule has 1 heterocycles. The molecule has 94 valence electrons. The van der Waals surface area contributed by atoms with E-state index in [2.05, 4.69) is 41.5 Å². The Morgan fingerprint density at radius 2 is 1.88 bits per heavy atom. The summed E-state index contributed by atoms with van der Waals surface area (Å²) in [5, 5.41) is 3.14. The first-order valence-corrected chi connectivity index (χ1v) is 6.36. The van der Waals surface area contributed by atoms with Gasteiger partial charge in [-0.3, -0.25) is 0 Å². The molecule has 0 bridgehead atoms. The lowest BCUT2D eigenvalue weighted by atomic mass is 10.00. The Kier molecular flexibility index (Phi) is 4.26. The van der Waals surface area contributed by atoms with E-state index in [9.17, 15) is 0 Å². The molecule has 0 radical (unpaired) electrons. The van der Waals surface area contributed by atoms with Gasteiger partial charge in [-0.15, -0.1) is 0 Å². The minimum absolute atomic E-state index is 0.776. The van der Waals surface area contributed by atoms with E-state index in [1.165, 1.54) is 18.5 Å². The van der Waals surface area contributed by atoms with Gasteiger partial charge in [0, 0.05) is 45.2 Å². The molecule has 0 aliphatic carbocycles. The molecule has 1 fully saturated rings. The fourth-order valence-electron chi connectivity index (χ4n) is 2.30. The van der Waals surface area contributed by atoms with Crippen molar-refractivity contribution in [2.45, 2.75) is 12.8 Å². The van der Waals surface area contributed by atoms with Crippen molar-refractivity contribution < 1.29 is 4.74 Å². The van der Waals surface area contributed by atoms with E-state index >= 15 is 0 Å². The van der Waals surface area contributed by atoms with Crippen LogP contribution >= 0.6 is 0 Å². The van der Waals surface area contributed by atoms with Crippen molar-refractivity contribution in [2.24, 2.45) is 5.92 Å². The number of hydrogen-bond acceptors (Lipinski definition) is 3. The molecule has 0 spiro atoms. The maximum absolute atomic E-state index is 5.39. The molecular weight excluding hydrogens is 212 g/mol. The molecule has 17 heavy (non-hydrogen) atoms. The third kappa shape index (κ3) is 3.37. The first-order chi connectivity index (χ1) is 8.29. The maximum Gasteiger partial charge on any atom is 0.0469 e. The van der Waals surface area contributed by atoms with Crippen LogP contribution in [0.1, 0.15) is 12.8 Å². The standard InChI is InChI=1S/C14H22N2O/c1-15-13-3-5-14(6-4-13)16(2)11-12-7-9-17-10-8-12/h3-6,12,15H,7-11H2,1-2H3. The van der Waals surface area contributed by atoms with Crippen LogP contribution in [0.4, 0.5) is 11.4 Å². The van der Waals surface area contributed by atoms with Crippen LogP contribution in [-0.2, 0) is 4.74 Å². The minimum atomic E-state index is 0.776. The summed E-state index contributed by atoms with van der Waals surface area (Å²) in [4.78, 5) is 2.34. The van der Waals surface area contributed by atoms with E-state index in [0.717, 1.165) is 31.4 Å². The fraction of sp³-hybridized carbons (Fsp3) is 0.571. The summed E-state index contributed by atoms with van der Waals surface area (Å²) in [5.41, 5.74) is 2.45. The van der Waals surface area contributed by atoms with Crippen LogP contribution in [-0.4, -0.2) is 33.9 Å². The Bertz CT molecular complexity index is 331. The summed E-state index contributed by atoms with van der Waals surface area (Å²) in [7, 11) is 4.12. The molecule has 1 aliphatic rings. The summed E-state index contributed by atoms with van der Waals surface area (Å²) in [5.74, 6) is 0.776. The summed E-state index contributed by atoms with van der Waals surface area (Å²) < 4.78 is 5.39. The van der Waals surface area contributed by atoms with Crippen LogP contribution in [0.5, 0.6) is 0 Å². The molecule has 3 nitrogen and oxygen atoms in total. The molecule has 0 atom stereocenters. The molecule has 0 saturated carbocycles. The predicted molar refractivity (Wildman–Crippen MR) is 72.8 cm³/mol. The van der Waals surface area contributed by atoms with Gasteiger partial charge in [0.15, 0.2) is 0 Å². The second kappa shape index (κ2) is 5.92. The van der Waals surface area contributed by atoms with E-state index in [4.69, 9.17) is 4.74 Å². The summed E-state index contributed by atoms with van der Waals surface area (Å²) in [6.45, 7) is 2.98. The van der Waals surface area contributed by atoms with E-state index in [-0.39, 0.29) is 0 Å². The molecule has 0 unspecified atom stereocenters. The van der Waals surface area contributed by atoms with Crippen LogP contribution in [0.15, 0.2) is 24.3 Å². The lowest BCUT2D eigenvalue weighted by molar-refractivity contribution is 0.0685. The van der Waals surface area contributed by atoms with Gasteiger partial charge >= 0.3 is 0 Å². The highest BCUT2D eigenvalue weighted by Crippen LogP contribution is 2.21. The van der Waals surface area contributed by atoms with Crippen molar-refractivity contribution >= 4 is 11.4 Å². The number of nitrogens with zero attached hydrogens (tertiary/aromatic N) is 1. The van der Waals surface area contributed by atoms with Gasteiger partial charge in [0.25, 0.3) is 0 Å². The van der Waals surface area contributed by atoms with E-state index < -0.39 is 0 Å². The minimum Gasteiger partial charge on any atom is -0.388 e. The zero-order chi connectivity index (χ0) is 12.1. The van der Waals surface area contributed by atoms with Gasteiger partial charge in [0.2, 0.25) is 0 Å². The Morgan fingerprint density at radius 1 is 1.24 bits per heavy atom.